The van der Waals surface area contributed by atoms with Crippen molar-refractivity contribution in [3.8, 4) is 5.75 Å². The van der Waals surface area contributed by atoms with Crippen LogP contribution in [0, 0.1) is 5.92 Å². The summed E-state index contributed by atoms with van der Waals surface area (Å²) in [5.74, 6) is -3.32. The van der Waals surface area contributed by atoms with Crippen LogP contribution in [0.4, 0.5) is 0 Å². The van der Waals surface area contributed by atoms with Gasteiger partial charge in [-0.15, -0.1) is 0 Å². The molecule has 10 heteroatoms. The number of amides is 2. The third-order valence-corrected chi connectivity index (χ3v) is 5.19. The van der Waals surface area contributed by atoms with E-state index in [1.54, 1.807) is 36.4 Å². The minimum Gasteiger partial charge on any atom is -0.457 e. The summed E-state index contributed by atoms with van der Waals surface area (Å²) in [5.41, 5.74) is 3.10. The highest BCUT2D eigenvalue weighted by molar-refractivity contribution is 5.99. The summed E-state index contributed by atoms with van der Waals surface area (Å²) in [5, 5.41) is 1.08. The molecule has 35 heavy (non-hydrogen) atoms. The average Bonchev–Trinajstić information content (AvgIpc) is 3.54. The molecule has 178 valence electrons. The molecular formula is C25H20N2O8. The van der Waals surface area contributed by atoms with Gasteiger partial charge in [0.2, 0.25) is 11.7 Å². The van der Waals surface area contributed by atoms with E-state index in [4.69, 9.17) is 13.9 Å². The Morgan fingerprint density at radius 2 is 1.69 bits per heavy atom. The first-order valence-electron chi connectivity index (χ1n) is 10.6. The minimum absolute atomic E-state index is 0.0423. The Balaban J connectivity index is 1.25. The number of ether oxygens (including phenoxy) is 2. The number of hydrogen-bond acceptors (Lipinski definition) is 8. The predicted molar refractivity (Wildman–Crippen MR) is 119 cm³/mol. The molecule has 1 aliphatic heterocycles. The second kappa shape index (κ2) is 10.5. The molecule has 10 nitrogen and oxygen atoms in total. The van der Waals surface area contributed by atoms with Crippen LogP contribution in [0.1, 0.15) is 37.7 Å². The summed E-state index contributed by atoms with van der Waals surface area (Å²) in [6.45, 7) is -0.578. The van der Waals surface area contributed by atoms with Crippen molar-refractivity contribution in [3.63, 3.8) is 0 Å². The van der Waals surface area contributed by atoms with Crippen LogP contribution in [-0.4, -0.2) is 47.7 Å². The highest BCUT2D eigenvalue weighted by Crippen LogP contribution is 2.19. The fraction of sp³-hybridized carbons (Fsp3) is 0.160. The summed E-state index contributed by atoms with van der Waals surface area (Å²) in [7, 11) is 0. The van der Waals surface area contributed by atoms with E-state index >= 15 is 0 Å². The van der Waals surface area contributed by atoms with Gasteiger partial charge in [-0.2, -0.15) is 0 Å². The fourth-order valence-corrected chi connectivity index (χ4v) is 3.35. The molecule has 2 amide bonds. The lowest BCUT2D eigenvalue weighted by atomic mass is 10.1. The molecular weight excluding hydrogens is 456 g/mol. The predicted octanol–water partition coefficient (Wildman–Crippen LogP) is 2.42. The molecule has 3 aromatic rings. The smallest absolute Gasteiger partial charge is 0.379 e. The van der Waals surface area contributed by atoms with Gasteiger partial charge < -0.3 is 13.9 Å². The van der Waals surface area contributed by atoms with Crippen LogP contribution in [0.3, 0.4) is 0 Å². The van der Waals surface area contributed by atoms with Crippen molar-refractivity contribution in [2.75, 3.05) is 13.2 Å². The number of rotatable bonds is 8. The van der Waals surface area contributed by atoms with Gasteiger partial charge in [-0.05, 0) is 48.5 Å². The van der Waals surface area contributed by atoms with E-state index < -0.39 is 42.1 Å². The molecule has 0 bridgehead atoms. The molecule has 2 heterocycles. The van der Waals surface area contributed by atoms with Crippen LogP contribution in [0.15, 0.2) is 77.4 Å². The van der Waals surface area contributed by atoms with Crippen LogP contribution in [0.25, 0.3) is 0 Å². The van der Waals surface area contributed by atoms with Crippen molar-refractivity contribution < 1.29 is 37.9 Å². The van der Waals surface area contributed by atoms with Gasteiger partial charge in [0.15, 0.2) is 12.4 Å². The average molecular weight is 476 g/mol. The van der Waals surface area contributed by atoms with E-state index in [1.165, 1.54) is 36.6 Å². The van der Waals surface area contributed by atoms with E-state index in [9.17, 15) is 24.0 Å². The van der Waals surface area contributed by atoms with E-state index in [-0.39, 0.29) is 30.0 Å². The van der Waals surface area contributed by atoms with Crippen molar-refractivity contribution in [3.05, 3.63) is 89.9 Å². The summed E-state index contributed by atoms with van der Waals surface area (Å²) in [4.78, 5) is 61.1. The first-order chi connectivity index (χ1) is 16.9. The van der Waals surface area contributed by atoms with Crippen LogP contribution in [0.5, 0.6) is 5.75 Å². The normalized spacial score (nSPS) is 14.9. The lowest BCUT2D eigenvalue weighted by molar-refractivity contribution is -0.147. The number of nitrogens with one attached hydrogen (secondary N) is 1. The first kappa shape index (κ1) is 23.4. The largest absolute Gasteiger partial charge is 0.457 e. The highest BCUT2D eigenvalue weighted by Gasteiger charge is 2.36. The number of ketones is 1. The number of hydrazine groups is 1. The third-order valence-electron chi connectivity index (χ3n) is 5.19. The molecule has 1 aromatic heterocycles. The SMILES string of the molecule is O=C(COC(=O)[C@H]1CC(=O)N(NC(=O)c2ccccc2)C1)c1ccc(OC(=O)c2ccco2)cc1. The zero-order chi connectivity index (χ0) is 24.8. The maximum atomic E-state index is 12.4. The zero-order valence-corrected chi connectivity index (χ0v) is 18.3. The Hall–Kier alpha value is -4.73. The maximum Gasteiger partial charge on any atom is 0.379 e. The third kappa shape index (κ3) is 5.80. The van der Waals surface area contributed by atoms with Crippen LogP contribution in [0.2, 0.25) is 0 Å². The van der Waals surface area contributed by atoms with Gasteiger partial charge in [-0.25, -0.2) is 4.79 Å². The number of nitrogens with zero attached hydrogens (tertiary/aromatic N) is 1. The molecule has 0 spiro atoms. The van der Waals surface area contributed by atoms with E-state index in [0.29, 0.717) is 5.56 Å². The number of hydrogen-bond donors (Lipinski definition) is 1. The van der Waals surface area contributed by atoms with Gasteiger partial charge in [-0.3, -0.25) is 29.6 Å². The molecule has 2 aromatic carbocycles. The number of esters is 2. The van der Waals surface area contributed by atoms with Crippen molar-refractivity contribution in [1.82, 2.24) is 10.4 Å². The first-order valence-corrected chi connectivity index (χ1v) is 10.6. The minimum atomic E-state index is -0.810. The lowest BCUT2D eigenvalue weighted by Crippen LogP contribution is -2.43. The van der Waals surface area contributed by atoms with Gasteiger partial charge in [0.25, 0.3) is 5.91 Å². The molecule has 1 fully saturated rings. The Morgan fingerprint density at radius 1 is 0.943 bits per heavy atom. The Bertz CT molecular complexity index is 1240. The highest BCUT2D eigenvalue weighted by atomic mass is 16.5. The molecule has 1 atom stereocenters. The van der Waals surface area contributed by atoms with Crippen LogP contribution >= 0.6 is 0 Å². The van der Waals surface area contributed by atoms with Gasteiger partial charge in [-0.1, -0.05) is 18.2 Å². The number of Topliss-reactive ketones (excluding diaryl/α,β-unsaturated/α-hetero) is 1. The Morgan fingerprint density at radius 3 is 2.37 bits per heavy atom. The van der Waals surface area contributed by atoms with Gasteiger partial charge in [0.05, 0.1) is 18.7 Å². The molecule has 0 radical (unpaired) electrons. The fourth-order valence-electron chi connectivity index (χ4n) is 3.35. The topological polar surface area (TPSA) is 132 Å². The standard InChI is InChI=1S/C25H20N2O8/c28-20(16-8-10-19(11-9-16)35-25(32)21-7-4-12-33-21)15-34-24(31)18-13-22(29)27(14-18)26-23(30)17-5-2-1-3-6-17/h1-12,18H,13-15H2,(H,26,30)/t18-/m0/s1. The molecule has 1 aliphatic rings. The summed E-state index contributed by atoms with van der Waals surface area (Å²) >= 11 is 0. The molecule has 1 saturated heterocycles. The number of benzene rings is 2. The number of furan rings is 1. The van der Waals surface area contributed by atoms with Gasteiger partial charge in [0, 0.05) is 17.5 Å². The molecule has 0 saturated carbocycles. The van der Waals surface area contributed by atoms with Gasteiger partial charge >= 0.3 is 11.9 Å². The van der Waals surface area contributed by atoms with Crippen molar-refractivity contribution in [2.24, 2.45) is 5.92 Å². The number of carbonyl (C=O) groups is 5. The molecule has 4 rings (SSSR count). The summed E-state index contributed by atoms with van der Waals surface area (Å²) in [6.07, 6.45) is 1.21. The number of carbonyl (C=O) groups excluding carboxylic acids is 5. The molecule has 1 N–H and O–H groups in total. The summed E-state index contributed by atoms with van der Waals surface area (Å²) in [6, 6.07) is 17.1. The Labute approximate surface area is 199 Å². The monoisotopic (exact) mass is 476 g/mol. The molecule has 0 unspecified atom stereocenters. The maximum absolute atomic E-state index is 12.4. The zero-order valence-electron chi connectivity index (χ0n) is 18.3. The van der Waals surface area contributed by atoms with Gasteiger partial charge in [0.1, 0.15) is 5.75 Å². The second-order valence-electron chi connectivity index (χ2n) is 7.63. The lowest BCUT2D eigenvalue weighted by Gasteiger charge is -2.17. The van der Waals surface area contributed by atoms with Crippen LogP contribution < -0.4 is 10.2 Å². The van der Waals surface area contributed by atoms with Crippen molar-refractivity contribution in [1.29, 1.82) is 0 Å². The van der Waals surface area contributed by atoms with Crippen molar-refractivity contribution in [2.45, 2.75) is 6.42 Å². The van der Waals surface area contributed by atoms with E-state index in [0.717, 1.165) is 5.01 Å². The quantitative estimate of drug-likeness (QED) is 0.298. The van der Waals surface area contributed by atoms with Crippen molar-refractivity contribution >= 4 is 29.5 Å². The van der Waals surface area contributed by atoms with E-state index in [1.807, 2.05) is 0 Å². The molecule has 0 aliphatic carbocycles. The second-order valence-corrected chi connectivity index (χ2v) is 7.63. The summed E-state index contributed by atoms with van der Waals surface area (Å²) < 4.78 is 15.2. The van der Waals surface area contributed by atoms with E-state index in [2.05, 4.69) is 5.43 Å². The Kier molecular flexibility index (Phi) is 7.01. The van der Waals surface area contributed by atoms with Crippen LogP contribution in [-0.2, 0) is 14.3 Å².